The number of carbonyl (C=O) groups is 1. The Balaban J connectivity index is 1.61. The number of piperazine rings is 1. The zero-order chi connectivity index (χ0) is 19.2. The molecule has 2 aliphatic rings. The summed E-state index contributed by atoms with van der Waals surface area (Å²) >= 11 is 0. The topological polar surface area (TPSA) is 119 Å². The first-order chi connectivity index (χ1) is 12.9. The van der Waals surface area contributed by atoms with Crippen molar-refractivity contribution in [2.75, 3.05) is 24.6 Å². The molecule has 2 saturated heterocycles. The summed E-state index contributed by atoms with van der Waals surface area (Å²) in [6, 6.07) is 2.19. The van der Waals surface area contributed by atoms with Crippen LogP contribution in [-0.2, 0) is 16.4 Å². The SMILES string of the molecule is Cc1[nH]cnc1CN1CCN(C(=O)c2ncccc2O)[C@H]2CS(=O)(=O)C[C@H]21. The van der Waals surface area contributed by atoms with Gasteiger partial charge in [0.2, 0.25) is 0 Å². The molecular formula is C17H21N5O4S. The van der Waals surface area contributed by atoms with Crippen LogP contribution in [0.5, 0.6) is 5.75 Å². The molecule has 0 unspecified atom stereocenters. The van der Waals surface area contributed by atoms with Crippen molar-refractivity contribution in [3.63, 3.8) is 0 Å². The molecule has 1 amide bonds. The van der Waals surface area contributed by atoms with Crippen molar-refractivity contribution >= 4 is 15.7 Å². The van der Waals surface area contributed by atoms with Gasteiger partial charge in [0, 0.05) is 37.6 Å². The first-order valence-electron chi connectivity index (χ1n) is 8.74. The van der Waals surface area contributed by atoms with Gasteiger partial charge in [0.05, 0.1) is 29.6 Å². The lowest BCUT2D eigenvalue weighted by Gasteiger charge is -2.43. The summed E-state index contributed by atoms with van der Waals surface area (Å²) in [6.45, 7) is 3.36. The summed E-state index contributed by atoms with van der Waals surface area (Å²) in [5, 5.41) is 9.96. The molecule has 27 heavy (non-hydrogen) atoms. The molecule has 2 fully saturated rings. The number of rotatable bonds is 3. The van der Waals surface area contributed by atoms with Gasteiger partial charge in [-0.1, -0.05) is 0 Å². The molecule has 9 nitrogen and oxygen atoms in total. The molecular weight excluding hydrogens is 370 g/mol. The number of H-pyrrole nitrogens is 1. The monoisotopic (exact) mass is 391 g/mol. The Labute approximate surface area is 157 Å². The number of sulfone groups is 1. The molecule has 2 aromatic rings. The van der Waals surface area contributed by atoms with Gasteiger partial charge in [0.25, 0.3) is 5.91 Å². The van der Waals surface area contributed by atoms with Gasteiger partial charge < -0.3 is 15.0 Å². The van der Waals surface area contributed by atoms with Gasteiger partial charge in [-0.05, 0) is 19.1 Å². The Morgan fingerprint density at radius 1 is 1.30 bits per heavy atom. The molecule has 10 heteroatoms. The summed E-state index contributed by atoms with van der Waals surface area (Å²) in [6.07, 6.45) is 3.06. The van der Waals surface area contributed by atoms with E-state index in [4.69, 9.17) is 0 Å². The number of nitrogens with one attached hydrogen (secondary N) is 1. The summed E-state index contributed by atoms with van der Waals surface area (Å²) < 4.78 is 24.7. The number of imidazole rings is 1. The minimum absolute atomic E-state index is 0.0130. The third kappa shape index (κ3) is 3.30. The van der Waals surface area contributed by atoms with Crippen LogP contribution in [-0.4, -0.2) is 80.9 Å². The number of aromatic nitrogens is 3. The van der Waals surface area contributed by atoms with Gasteiger partial charge in [-0.15, -0.1) is 0 Å². The van der Waals surface area contributed by atoms with Crippen molar-refractivity contribution in [3.8, 4) is 5.75 Å². The highest BCUT2D eigenvalue weighted by Gasteiger charge is 2.48. The van der Waals surface area contributed by atoms with Gasteiger partial charge in [0.1, 0.15) is 5.75 Å². The van der Waals surface area contributed by atoms with E-state index in [1.807, 2.05) is 6.92 Å². The predicted molar refractivity (Wildman–Crippen MR) is 96.9 cm³/mol. The quantitative estimate of drug-likeness (QED) is 0.752. The summed E-state index contributed by atoms with van der Waals surface area (Å²) in [5.74, 6) is -0.697. The van der Waals surface area contributed by atoms with Crippen LogP contribution in [0.3, 0.4) is 0 Å². The van der Waals surface area contributed by atoms with Crippen LogP contribution < -0.4 is 0 Å². The highest BCUT2D eigenvalue weighted by molar-refractivity contribution is 7.91. The number of aryl methyl sites for hydroxylation is 1. The van der Waals surface area contributed by atoms with Crippen LogP contribution >= 0.6 is 0 Å². The minimum atomic E-state index is -3.26. The fraction of sp³-hybridized carbons (Fsp3) is 0.471. The average Bonchev–Trinajstić information content (AvgIpc) is 3.17. The minimum Gasteiger partial charge on any atom is -0.505 e. The van der Waals surface area contributed by atoms with Crippen LogP contribution in [0.15, 0.2) is 24.7 Å². The zero-order valence-corrected chi connectivity index (χ0v) is 15.7. The molecule has 4 heterocycles. The molecule has 0 saturated carbocycles. The van der Waals surface area contributed by atoms with E-state index in [-0.39, 0.29) is 29.0 Å². The second kappa shape index (κ2) is 6.61. The van der Waals surface area contributed by atoms with Crippen molar-refractivity contribution in [1.29, 1.82) is 0 Å². The largest absolute Gasteiger partial charge is 0.505 e. The highest BCUT2D eigenvalue weighted by Crippen LogP contribution is 2.30. The normalized spacial score (nSPS) is 24.7. The van der Waals surface area contributed by atoms with E-state index in [0.29, 0.717) is 19.6 Å². The van der Waals surface area contributed by atoms with Crippen LogP contribution in [0.2, 0.25) is 0 Å². The number of amides is 1. The molecule has 144 valence electrons. The zero-order valence-electron chi connectivity index (χ0n) is 14.9. The fourth-order valence-corrected chi connectivity index (χ4v) is 5.92. The smallest absolute Gasteiger partial charge is 0.276 e. The predicted octanol–water partition coefficient (Wildman–Crippen LogP) is -0.0577. The van der Waals surface area contributed by atoms with Gasteiger partial charge in [-0.2, -0.15) is 0 Å². The van der Waals surface area contributed by atoms with E-state index in [1.54, 1.807) is 17.3 Å². The summed E-state index contributed by atoms with van der Waals surface area (Å²) in [7, 11) is -3.26. The first-order valence-corrected chi connectivity index (χ1v) is 10.6. The number of aromatic hydroxyl groups is 1. The van der Waals surface area contributed by atoms with Crippen LogP contribution in [0.1, 0.15) is 21.9 Å². The Bertz CT molecular complexity index is 973. The first kappa shape index (κ1) is 17.9. The molecule has 0 radical (unpaired) electrons. The lowest BCUT2D eigenvalue weighted by Crippen LogP contribution is -2.60. The van der Waals surface area contributed by atoms with E-state index in [2.05, 4.69) is 19.9 Å². The second-order valence-electron chi connectivity index (χ2n) is 7.03. The molecule has 2 aliphatic heterocycles. The Kier molecular flexibility index (Phi) is 4.39. The van der Waals surface area contributed by atoms with Gasteiger partial charge in [-0.25, -0.2) is 18.4 Å². The molecule has 2 aromatic heterocycles. The maximum Gasteiger partial charge on any atom is 0.276 e. The number of fused-ring (bicyclic) bond motifs is 1. The standard InChI is InChI=1S/C17H21N5O4S/c1-11-12(20-10-19-11)7-21-5-6-22(14-9-27(25,26)8-13(14)21)17(24)16-15(23)3-2-4-18-16/h2-4,10,13-14,23H,5-9H2,1H3,(H,19,20)/t13-,14+/m1/s1. The van der Waals surface area contributed by atoms with Gasteiger partial charge >= 0.3 is 0 Å². The number of hydrogen-bond acceptors (Lipinski definition) is 7. The van der Waals surface area contributed by atoms with Crippen LogP contribution in [0, 0.1) is 6.92 Å². The number of aromatic amines is 1. The van der Waals surface area contributed by atoms with Crippen molar-refractivity contribution < 1.29 is 18.3 Å². The van der Waals surface area contributed by atoms with E-state index in [9.17, 15) is 18.3 Å². The molecule has 0 bridgehead atoms. The maximum absolute atomic E-state index is 12.9. The fourth-order valence-electron chi connectivity index (χ4n) is 3.91. The van der Waals surface area contributed by atoms with Crippen LogP contribution in [0.4, 0.5) is 0 Å². The summed E-state index contributed by atoms with van der Waals surface area (Å²) in [5.41, 5.74) is 1.78. The van der Waals surface area contributed by atoms with Crippen molar-refractivity contribution in [3.05, 3.63) is 41.7 Å². The molecule has 0 spiro atoms. The van der Waals surface area contributed by atoms with E-state index >= 15 is 0 Å². The maximum atomic E-state index is 12.9. The molecule has 2 N–H and O–H groups in total. The third-order valence-corrected chi connectivity index (χ3v) is 7.03. The van der Waals surface area contributed by atoms with Crippen molar-refractivity contribution in [2.45, 2.75) is 25.6 Å². The van der Waals surface area contributed by atoms with Crippen molar-refractivity contribution in [1.82, 2.24) is 24.8 Å². The number of carbonyl (C=O) groups excluding carboxylic acids is 1. The second-order valence-corrected chi connectivity index (χ2v) is 9.18. The summed E-state index contributed by atoms with van der Waals surface area (Å²) in [4.78, 5) is 27.9. The lowest BCUT2D eigenvalue weighted by molar-refractivity contribution is 0.0295. The Morgan fingerprint density at radius 2 is 2.07 bits per heavy atom. The van der Waals surface area contributed by atoms with E-state index in [0.717, 1.165) is 11.4 Å². The lowest BCUT2D eigenvalue weighted by atomic mass is 10.0. The third-order valence-electron chi connectivity index (χ3n) is 5.33. The van der Waals surface area contributed by atoms with E-state index in [1.165, 1.54) is 12.3 Å². The Hall–Kier alpha value is -2.46. The molecule has 2 atom stereocenters. The average molecular weight is 391 g/mol. The van der Waals surface area contributed by atoms with E-state index < -0.39 is 21.8 Å². The number of pyridine rings is 1. The molecule has 0 aliphatic carbocycles. The Morgan fingerprint density at radius 3 is 2.78 bits per heavy atom. The van der Waals surface area contributed by atoms with Crippen LogP contribution in [0.25, 0.3) is 0 Å². The molecule has 0 aromatic carbocycles. The molecule has 4 rings (SSSR count). The van der Waals surface area contributed by atoms with Gasteiger partial charge in [-0.3, -0.25) is 9.69 Å². The van der Waals surface area contributed by atoms with Crippen molar-refractivity contribution in [2.24, 2.45) is 0 Å². The number of hydrogen-bond donors (Lipinski definition) is 2. The highest BCUT2D eigenvalue weighted by atomic mass is 32.2. The number of nitrogens with zero attached hydrogens (tertiary/aromatic N) is 4. The van der Waals surface area contributed by atoms with Gasteiger partial charge in [0.15, 0.2) is 15.5 Å².